The van der Waals surface area contributed by atoms with Gasteiger partial charge in [0.15, 0.2) is 0 Å². The fourth-order valence-corrected chi connectivity index (χ4v) is 4.66. The van der Waals surface area contributed by atoms with Gasteiger partial charge in [0.2, 0.25) is 5.91 Å². The van der Waals surface area contributed by atoms with Gasteiger partial charge in [-0.05, 0) is 79.7 Å². The minimum absolute atomic E-state index is 0.111. The zero-order chi connectivity index (χ0) is 32.2. The largest absolute Gasteiger partial charge is 0.462 e. The second-order valence-corrected chi connectivity index (χ2v) is 10.4. The summed E-state index contributed by atoms with van der Waals surface area (Å²) in [5.74, 6) is -1.82. The van der Waals surface area contributed by atoms with Crippen LogP contribution in [0, 0.1) is 10.1 Å². The van der Waals surface area contributed by atoms with Gasteiger partial charge in [-0.1, -0.05) is 30.3 Å². The van der Waals surface area contributed by atoms with Gasteiger partial charge in [-0.3, -0.25) is 24.5 Å². The number of nitro benzene ring substituents is 1. The Bertz CT molecular complexity index is 1720. The molecule has 0 saturated heterocycles. The van der Waals surface area contributed by atoms with E-state index in [0.29, 0.717) is 22.5 Å². The summed E-state index contributed by atoms with van der Waals surface area (Å²) in [6, 6.07) is 27.2. The Morgan fingerprint density at radius 3 is 2.09 bits per heavy atom. The van der Waals surface area contributed by atoms with Gasteiger partial charge in [-0.2, -0.15) is 0 Å². The number of carbonyl (C=O) groups is 4. The second-order valence-electron chi connectivity index (χ2n) is 9.31. The number of anilines is 2. The Hall–Kier alpha value is -5.75. The predicted octanol–water partition coefficient (Wildman–Crippen LogP) is 5.91. The highest BCUT2D eigenvalue weighted by Gasteiger charge is 2.18. The van der Waals surface area contributed by atoms with Crippen LogP contribution >= 0.6 is 11.8 Å². The van der Waals surface area contributed by atoms with Crippen LogP contribution in [0.4, 0.5) is 17.1 Å². The fourth-order valence-electron chi connectivity index (χ4n) is 3.96. The number of nitrogens with one attached hydrogen (secondary N) is 3. The monoisotopic (exact) mass is 624 g/mol. The SMILES string of the molecule is CCOC(=O)c1ccc(NC(=O)CSc2ccc(NC(=O)/C(=C/c3ccccc3[N+](=O)[O-])NC(=O)c3ccccc3)cc2)cc1. The van der Waals surface area contributed by atoms with E-state index in [1.165, 1.54) is 36.0 Å². The fraction of sp³-hybridized carbons (Fsp3) is 0.0909. The van der Waals surface area contributed by atoms with Crippen LogP contribution in [0.1, 0.15) is 33.2 Å². The van der Waals surface area contributed by atoms with Gasteiger partial charge >= 0.3 is 5.97 Å². The second kappa shape index (κ2) is 15.6. The maximum Gasteiger partial charge on any atom is 0.338 e. The molecule has 45 heavy (non-hydrogen) atoms. The number of benzene rings is 4. The van der Waals surface area contributed by atoms with Crippen molar-refractivity contribution in [3.05, 3.63) is 136 Å². The third kappa shape index (κ3) is 9.37. The van der Waals surface area contributed by atoms with Gasteiger partial charge in [0.05, 0.1) is 28.4 Å². The average Bonchev–Trinajstić information content (AvgIpc) is 3.05. The zero-order valence-electron chi connectivity index (χ0n) is 24.0. The molecule has 0 aliphatic heterocycles. The Kier molecular flexibility index (Phi) is 11.2. The van der Waals surface area contributed by atoms with E-state index in [4.69, 9.17) is 4.74 Å². The van der Waals surface area contributed by atoms with E-state index in [2.05, 4.69) is 16.0 Å². The van der Waals surface area contributed by atoms with Crippen molar-refractivity contribution in [2.75, 3.05) is 23.0 Å². The van der Waals surface area contributed by atoms with Gasteiger partial charge in [0.1, 0.15) is 5.70 Å². The lowest BCUT2D eigenvalue weighted by molar-refractivity contribution is -0.385. The summed E-state index contributed by atoms with van der Waals surface area (Å²) in [4.78, 5) is 62.1. The molecule has 0 bridgehead atoms. The Morgan fingerprint density at radius 2 is 1.42 bits per heavy atom. The number of esters is 1. The third-order valence-electron chi connectivity index (χ3n) is 6.12. The van der Waals surface area contributed by atoms with Crippen molar-refractivity contribution in [3.63, 3.8) is 0 Å². The van der Waals surface area contributed by atoms with Gasteiger partial charge in [0.25, 0.3) is 17.5 Å². The number of para-hydroxylation sites is 1. The van der Waals surface area contributed by atoms with Crippen LogP contribution in [-0.2, 0) is 14.3 Å². The molecule has 0 saturated carbocycles. The van der Waals surface area contributed by atoms with Gasteiger partial charge < -0.3 is 20.7 Å². The lowest BCUT2D eigenvalue weighted by Gasteiger charge is -2.12. The van der Waals surface area contributed by atoms with E-state index < -0.39 is 22.7 Å². The van der Waals surface area contributed by atoms with E-state index >= 15 is 0 Å². The molecule has 0 aromatic heterocycles. The number of hydrogen-bond donors (Lipinski definition) is 3. The van der Waals surface area contributed by atoms with E-state index in [1.807, 2.05) is 0 Å². The van der Waals surface area contributed by atoms with Crippen LogP contribution in [0.2, 0.25) is 0 Å². The van der Waals surface area contributed by atoms with Crippen LogP contribution < -0.4 is 16.0 Å². The van der Waals surface area contributed by atoms with Crippen molar-refractivity contribution in [1.82, 2.24) is 5.32 Å². The Morgan fingerprint density at radius 1 is 0.800 bits per heavy atom. The number of hydrogen-bond acceptors (Lipinski definition) is 8. The molecule has 0 radical (unpaired) electrons. The molecule has 4 rings (SSSR count). The number of amides is 3. The van der Waals surface area contributed by atoms with E-state index in [-0.39, 0.29) is 35.2 Å². The van der Waals surface area contributed by atoms with Gasteiger partial charge in [-0.25, -0.2) is 4.79 Å². The van der Waals surface area contributed by atoms with E-state index in [0.717, 1.165) is 4.90 Å². The summed E-state index contributed by atoms with van der Waals surface area (Å²) >= 11 is 1.28. The molecule has 0 unspecified atom stereocenters. The average molecular weight is 625 g/mol. The van der Waals surface area contributed by atoms with Crippen molar-refractivity contribution in [1.29, 1.82) is 0 Å². The standard InChI is InChI=1S/C33H28N4O7S/c1-2-44-33(41)23-12-14-25(15-13-23)34-30(38)21-45-27-18-16-26(17-19-27)35-32(40)28(36-31(39)22-8-4-3-5-9-22)20-24-10-6-7-11-29(24)37(42)43/h3-20H,2,21H2,1H3,(H,34,38)(H,35,40)(H,36,39)/b28-20-. The molecule has 4 aromatic rings. The molecule has 228 valence electrons. The van der Waals surface area contributed by atoms with Crippen LogP contribution in [0.25, 0.3) is 6.08 Å². The minimum Gasteiger partial charge on any atom is -0.462 e. The first-order chi connectivity index (χ1) is 21.7. The topological polar surface area (TPSA) is 157 Å². The van der Waals surface area contributed by atoms with Crippen molar-refractivity contribution >= 4 is 58.6 Å². The number of rotatable bonds is 12. The van der Waals surface area contributed by atoms with E-state index in [1.54, 1.807) is 91.9 Å². The quantitative estimate of drug-likeness (QED) is 0.0577. The summed E-state index contributed by atoms with van der Waals surface area (Å²) in [5, 5.41) is 19.6. The highest BCUT2D eigenvalue weighted by molar-refractivity contribution is 8.00. The molecule has 3 amide bonds. The number of nitro groups is 1. The molecular formula is C33H28N4O7S. The minimum atomic E-state index is -0.689. The highest BCUT2D eigenvalue weighted by atomic mass is 32.2. The van der Waals surface area contributed by atoms with Crippen LogP contribution in [0.5, 0.6) is 0 Å². The number of thioether (sulfide) groups is 1. The molecule has 0 atom stereocenters. The van der Waals surface area contributed by atoms with Crippen LogP contribution in [0.3, 0.4) is 0 Å². The molecular weight excluding hydrogens is 596 g/mol. The lowest BCUT2D eigenvalue weighted by Crippen LogP contribution is -2.30. The van der Waals surface area contributed by atoms with Crippen molar-refractivity contribution in [2.24, 2.45) is 0 Å². The van der Waals surface area contributed by atoms with Crippen molar-refractivity contribution in [2.45, 2.75) is 11.8 Å². The molecule has 4 aromatic carbocycles. The van der Waals surface area contributed by atoms with Gasteiger partial charge in [0, 0.05) is 27.9 Å². The number of nitrogens with zero attached hydrogens (tertiary/aromatic N) is 1. The summed E-state index contributed by atoms with van der Waals surface area (Å²) in [6.45, 7) is 1.99. The molecule has 11 nitrogen and oxygen atoms in total. The van der Waals surface area contributed by atoms with Crippen molar-refractivity contribution in [3.8, 4) is 0 Å². The molecule has 0 aliphatic rings. The Labute approximate surface area is 262 Å². The lowest BCUT2D eigenvalue weighted by atomic mass is 10.1. The zero-order valence-corrected chi connectivity index (χ0v) is 24.8. The number of carbonyl (C=O) groups excluding carboxylic acids is 4. The van der Waals surface area contributed by atoms with Crippen LogP contribution in [-0.4, -0.2) is 41.0 Å². The van der Waals surface area contributed by atoms with Gasteiger partial charge in [-0.15, -0.1) is 11.8 Å². The normalized spacial score (nSPS) is 10.8. The molecule has 0 aliphatic carbocycles. The van der Waals surface area contributed by atoms with E-state index in [9.17, 15) is 29.3 Å². The summed E-state index contributed by atoms with van der Waals surface area (Å²) in [6.07, 6.45) is 1.25. The first kappa shape index (κ1) is 32.2. The Balaban J connectivity index is 1.40. The molecule has 0 heterocycles. The summed E-state index contributed by atoms with van der Waals surface area (Å²) in [7, 11) is 0. The number of ether oxygens (including phenoxy) is 1. The maximum absolute atomic E-state index is 13.3. The molecule has 12 heteroatoms. The predicted molar refractivity (Wildman–Crippen MR) is 172 cm³/mol. The third-order valence-corrected chi connectivity index (χ3v) is 7.14. The first-order valence-corrected chi connectivity index (χ1v) is 14.6. The van der Waals surface area contributed by atoms with Crippen molar-refractivity contribution < 1.29 is 28.8 Å². The summed E-state index contributed by atoms with van der Waals surface area (Å²) < 4.78 is 4.95. The molecule has 0 fully saturated rings. The molecule has 0 spiro atoms. The smallest absolute Gasteiger partial charge is 0.338 e. The maximum atomic E-state index is 13.3. The highest BCUT2D eigenvalue weighted by Crippen LogP contribution is 2.23. The van der Waals surface area contributed by atoms with Crippen LogP contribution in [0.15, 0.2) is 114 Å². The summed E-state index contributed by atoms with van der Waals surface area (Å²) in [5.41, 5.74) is 1.35. The first-order valence-electron chi connectivity index (χ1n) is 13.7. The molecule has 3 N–H and O–H groups in total.